The molecule has 0 spiro atoms. The molecular formula is C17H23ClN2O4. The maximum absolute atomic E-state index is 12.7. The Morgan fingerprint density at radius 3 is 2.33 bits per heavy atom. The number of carbonyl (C=O) groups excluding carboxylic acids is 2. The number of benzene rings is 1. The molecule has 132 valence electrons. The molecule has 0 unspecified atom stereocenters. The molecular weight excluding hydrogens is 332 g/mol. The molecule has 0 aliphatic carbocycles. The molecule has 0 aromatic heterocycles. The Labute approximate surface area is 146 Å². The summed E-state index contributed by atoms with van der Waals surface area (Å²) in [5.41, 5.74) is 0.612. The summed E-state index contributed by atoms with van der Waals surface area (Å²) in [4.78, 5) is 36.7. The van der Waals surface area contributed by atoms with Crippen LogP contribution in [-0.4, -0.2) is 40.9 Å². The van der Waals surface area contributed by atoms with Gasteiger partial charge >= 0.3 is 5.97 Å². The van der Waals surface area contributed by atoms with E-state index in [4.69, 9.17) is 16.7 Å². The van der Waals surface area contributed by atoms with Gasteiger partial charge in [0.25, 0.3) is 5.91 Å². The Balaban J connectivity index is 3.10. The van der Waals surface area contributed by atoms with Crippen molar-refractivity contribution in [1.29, 1.82) is 0 Å². The molecule has 0 bridgehead atoms. The Kier molecular flexibility index (Phi) is 7.22. The largest absolute Gasteiger partial charge is 0.480 e. The van der Waals surface area contributed by atoms with Gasteiger partial charge in [-0.1, -0.05) is 39.3 Å². The van der Waals surface area contributed by atoms with E-state index in [0.717, 1.165) is 0 Å². The molecule has 0 saturated carbocycles. The molecule has 1 aromatic rings. The standard InChI is InChI=1S/C17H23ClN2O4/c1-10(2)8-20(9-15(21)22)17(24)13-7-12(5-6-14(13)18)19-16(23)11(3)4/h5-7,10-11H,8-9H2,1-4H3,(H,19,23)(H,21,22). The molecule has 6 nitrogen and oxygen atoms in total. The number of nitrogens with zero attached hydrogens (tertiary/aromatic N) is 1. The lowest BCUT2D eigenvalue weighted by molar-refractivity contribution is -0.137. The van der Waals surface area contributed by atoms with E-state index >= 15 is 0 Å². The van der Waals surface area contributed by atoms with E-state index in [1.54, 1.807) is 19.9 Å². The second-order valence-electron chi connectivity index (χ2n) is 6.31. The topological polar surface area (TPSA) is 86.7 Å². The summed E-state index contributed by atoms with van der Waals surface area (Å²) in [6.07, 6.45) is 0. The van der Waals surface area contributed by atoms with Crippen molar-refractivity contribution in [1.82, 2.24) is 4.90 Å². The Morgan fingerprint density at radius 1 is 1.21 bits per heavy atom. The summed E-state index contributed by atoms with van der Waals surface area (Å²) in [5.74, 6) is -1.85. The molecule has 0 radical (unpaired) electrons. The minimum atomic E-state index is -1.09. The predicted octanol–water partition coefficient (Wildman–Crippen LogP) is 3.12. The highest BCUT2D eigenvalue weighted by atomic mass is 35.5. The number of hydrogen-bond donors (Lipinski definition) is 2. The summed E-state index contributed by atoms with van der Waals surface area (Å²) >= 11 is 6.10. The van der Waals surface area contributed by atoms with Crippen molar-refractivity contribution in [3.8, 4) is 0 Å². The van der Waals surface area contributed by atoms with E-state index in [1.165, 1.54) is 17.0 Å². The van der Waals surface area contributed by atoms with Gasteiger partial charge in [-0.25, -0.2) is 0 Å². The number of aliphatic carboxylic acids is 1. The third-order valence-electron chi connectivity index (χ3n) is 3.19. The van der Waals surface area contributed by atoms with Crippen molar-refractivity contribution in [3.63, 3.8) is 0 Å². The lowest BCUT2D eigenvalue weighted by Gasteiger charge is -2.23. The van der Waals surface area contributed by atoms with Crippen LogP contribution >= 0.6 is 11.6 Å². The second-order valence-corrected chi connectivity index (χ2v) is 6.72. The molecule has 7 heteroatoms. The first-order valence-electron chi connectivity index (χ1n) is 7.73. The van der Waals surface area contributed by atoms with Crippen molar-refractivity contribution >= 4 is 35.1 Å². The van der Waals surface area contributed by atoms with Crippen LogP contribution < -0.4 is 5.32 Å². The number of carbonyl (C=O) groups is 3. The lowest BCUT2D eigenvalue weighted by atomic mass is 10.1. The number of carboxylic acid groups (broad SMARTS) is 1. The number of halogens is 1. The van der Waals surface area contributed by atoms with Gasteiger partial charge in [-0.15, -0.1) is 0 Å². The first kappa shape index (κ1) is 20.0. The summed E-state index contributed by atoms with van der Waals surface area (Å²) in [6, 6.07) is 4.59. The van der Waals surface area contributed by atoms with E-state index in [2.05, 4.69) is 5.32 Å². The molecule has 0 heterocycles. The molecule has 0 saturated heterocycles. The highest BCUT2D eigenvalue weighted by Gasteiger charge is 2.22. The first-order chi connectivity index (χ1) is 11.1. The first-order valence-corrected chi connectivity index (χ1v) is 8.11. The highest BCUT2D eigenvalue weighted by molar-refractivity contribution is 6.34. The van der Waals surface area contributed by atoms with Crippen molar-refractivity contribution in [2.45, 2.75) is 27.7 Å². The van der Waals surface area contributed by atoms with Crippen LogP contribution in [0.2, 0.25) is 5.02 Å². The number of nitrogens with one attached hydrogen (secondary N) is 1. The van der Waals surface area contributed by atoms with E-state index in [-0.39, 0.29) is 28.3 Å². The minimum Gasteiger partial charge on any atom is -0.480 e. The van der Waals surface area contributed by atoms with Gasteiger partial charge in [-0.3, -0.25) is 14.4 Å². The van der Waals surface area contributed by atoms with Crippen LogP contribution in [0.1, 0.15) is 38.1 Å². The molecule has 0 atom stereocenters. The van der Waals surface area contributed by atoms with Crippen LogP contribution in [0.25, 0.3) is 0 Å². The van der Waals surface area contributed by atoms with Crippen LogP contribution in [0.15, 0.2) is 18.2 Å². The molecule has 0 fully saturated rings. The Morgan fingerprint density at radius 2 is 1.83 bits per heavy atom. The van der Waals surface area contributed by atoms with E-state index < -0.39 is 18.4 Å². The zero-order valence-electron chi connectivity index (χ0n) is 14.3. The van der Waals surface area contributed by atoms with E-state index in [1.807, 2.05) is 13.8 Å². The lowest BCUT2D eigenvalue weighted by Crippen LogP contribution is -2.38. The Hall–Kier alpha value is -2.08. The predicted molar refractivity (Wildman–Crippen MR) is 93.3 cm³/mol. The van der Waals surface area contributed by atoms with Crippen LogP contribution in [0.5, 0.6) is 0 Å². The summed E-state index contributed by atoms with van der Waals surface area (Å²) in [7, 11) is 0. The summed E-state index contributed by atoms with van der Waals surface area (Å²) in [5, 5.41) is 11.9. The number of anilines is 1. The third kappa shape index (κ3) is 5.85. The van der Waals surface area contributed by atoms with Crippen molar-refractivity contribution < 1.29 is 19.5 Å². The van der Waals surface area contributed by atoms with E-state index in [9.17, 15) is 14.4 Å². The van der Waals surface area contributed by atoms with Crippen LogP contribution in [0.4, 0.5) is 5.69 Å². The van der Waals surface area contributed by atoms with Crippen molar-refractivity contribution in [2.75, 3.05) is 18.4 Å². The van der Waals surface area contributed by atoms with Gasteiger partial charge in [-0.05, 0) is 24.1 Å². The molecule has 0 aliphatic heterocycles. The van der Waals surface area contributed by atoms with Crippen LogP contribution in [0, 0.1) is 11.8 Å². The van der Waals surface area contributed by atoms with Gasteiger partial charge in [0.15, 0.2) is 0 Å². The fraction of sp³-hybridized carbons (Fsp3) is 0.471. The minimum absolute atomic E-state index is 0.107. The summed E-state index contributed by atoms with van der Waals surface area (Å²) in [6.45, 7) is 7.19. The van der Waals surface area contributed by atoms with Gasteiger partial charge in [0.05, 0.1) is 10.6 Å². The number of carboxylic acids is 1. The average Bonchev–Trinajstić information content (AvgIpc) is 2.46. The van der Waals surface area contributed by atoms with Gasteiger partial charge < -0.3 is 15.3 Å². The monoisotopic (exact) mass is 354 g/mol. The van der Waals surface area contributed by atoms with Gasteiger partial charge in [-0.2, -0.15) is 0 Å². The fourth-order valence-corrected chi connectivity index (χ4v) is 2.25. The van der Waals surface area contributed by atoms with Crippen LogP contribution in [0.3, 0.4) is 0 Å². The van der Waals surface area contributed by atoms with Crippen molar-refractivity contribution in [3.05, 3.63) is 28.8 Å². The maximum Gasteiger partial charge on any atom is 0.323 e. The fourth-order valence-electron chi connectivity index (χ4n) is 2.05. The van der Waals surface area contributed by atoms with Crippen LogP contribution in [-0.2, 0) is 9.59 Å². The maximum atomic E-state index is 12.7. The molecule has 2 amide bonds. The zero-order chi connectivity index (χ0) is 18.4. The zero-order valence-corrected chi connectivity index (χ0v) is 15.1. The number of hydrogen-bond acceptors (Lipinski definition) is 3. The quantitative estimate of drug-likeness (QED) is 0.787. The molecule has 24 heavy (non-hydrogen) atoms. The molecule has 1 rings (SSSR count). The number of rotatable bonds is 7. The smallest absolute Gasteiger partial charge is 0.323 e. The summed E-state index contributed by atoms with van der Waals surface area (Å²) < 4.78 is 0. The van der Waals surface area contributed by atoms with Gasteiger partial charge in [0, 0.05) is 18.2 Å². The molecule has 1 aromatic carbocycles. The van der Waals surface area contributed by atoms with Crippen molar-refractivity contribution in [2.24, 2.45) is 11.8 Å². The molecule has 0 aliphatic rings. The van der Waals surface area contributed by atoms with E-state index in [0.29, 0.717) is 12.2 Å². The second kappa shape index (κ2) is 8.68. The number of amides is 2. The van der Waals surface area contributed by atoms with Gasteiger partial charge in [0.2, 0.25) is 5.91 Å². The SMILES string of the molecule is CC(C)CN(CC(=O)O)C(=O)c1cc(NC(=O)C(C)C)ccc1Cl. The average molecular weight is 355 g/mol. The van der Waals surface area contributed by atoms with Gasteiger partial charge in [0.1, 0.15) is 6.54 Å². The normalized spacial score (nSPS) is 10.8. The highest BCUT2D eigenvalue weighted by Crippen LogP contribution is 2.23. The third-order valence-corrected chi connectivity index (χ3v) is 3.52. The Bertz CT molecular complexity index is 629. The molecule has 2 N–H and O–H groups in total.